The quantitative estimate of drug-likeness (QED) is 0.576. The van der Waals surface area contributed by atoms with E-state index in [0.717, 1.165) is 16.9 Å². The number of sulfonamides is 1. The van der Waals surface area contributed by atoms with E-state index in [1.54, 1.807) is 49.4 Å². The number of anilines is 2. The first-order valence-electron chi connectivity index (χ1n) is 7.59. The monoisotopic (exact) mass is 388 g/mol. The molecule has 6 nitrogen and oxygen atoms in total. The number of carbonyl (C=O) groups is 1. The van der Waals surface area contributed by atoms with Crippen LogP contribution < -0.4 is 10.5 Å². The highest BCUT2D eigenvalue weighted by molar-refractivity contribution is 7.92. The molecule has 0 saturated carbocycles. The van der Waals surface area contributed by atoms with Gasteiger partial charge in [0.25, 0.3) is 10.0 Å². The second-order valence-corrected chi connectivity index (χ2v) is 8.36. The average molecular weight is 388 g/mol. The molecule has 0 saturated heterocycles. The van der Waals surface area contributed by atoms with Gasteiger partial charge in [0.1, 0.15) is 4.88 Å². The van der Waals surface area contributed by atoms with Crippen molar-refractivity contribution in [2.24, 2.45) is 0 Å². The predicted octanol–water partition coefficient (Wildman–Crippen LogP) is 3.80. The Balaban J connectivity index is 2.05. The number of rotatable bonds is 5. The molecule has 1 heterocycles. The van der Waals surface area contributed by atoms with E-state index >= 15 is 0 Å². The first-order chi connectivity index (χ1) is 12.3. The van der Waals surface area contributed by atoms with Crippen molar-refractivity contribution < 1.29 is 18.3 Å². The molecular weight excluding hydrogens is 372 g/mol. The number of carboxylic acid groups (broad SMARTS) is 1. The van der Waals surface area contributed by atoms with Crippen LogP contribution in [0.2, 0.25) is 0 Å². The van der Waals surface area contributed by atoms with Crippen LogP contribution in [0.3, 0.4) is 0 Å². The van der Waals surface area contributed by atoms with Gasteiger partial charge in [-0.05, 0) is 42.3 Å². The number of aromatic carboxylic acids is 1. The molecule has 0 fully saturated rings. The Morgan fingerprint density at radius 3 is 2.50 bits per heavy atom. The van der Waals surface area contributed by atoms with Gasteiger partial charge < -0.3 is 10.8 Å². The molecule has 26 heavy (non-hydrogen) atoms. The van der Waals surface area contributed by atoms with Gasteiger partial charge in [0.2, 0.25) is 0 Å². The molecular formula is C18H16N2O4S2. The number of carboxylic acids is 1. The lowest BCUT2D eigenvalue weighted by Crippen LogP contribution is -2.15. The summed E-state index contributed by atoms with van der Waals surface area (Å²) in [6.45, 7) is 1.68. The average Bonchev–Trinajstić information content (AvgIpc) is 2.98. The van der Waals surface area contributed by atoms with Crippen LogP contribution in [-0.4, -0.2) is 19.5 Å². The lowest BCUT2D eigenvalue weighted by molar-refractivity contribution is 0.0703. The van der Waals surface area contributed by atoms with Crippen LogP contribution in [0.25, 0.3) is 10.4 Å². The molecule has 1 aromatic heterocycles. The molecule has 8 heteroatoms. The Morgan fingerprint density at radius 1 is 1.12 bits per heavy atom. The number of thiophene rings is 1. The highest BCUT2D eigenvalue weighted by atomic mass is 32.2. The summed E-state index contributed by atoms with van der Waals surface area (Å²) in [6.07, 6.45) is 0. The second-order valence-electron chi connectivity index (χ2n) is 5.66. The maximum atomic E-state index is 12.7. The van der Waals surface area contributed by atoms with Crippen molar-refractivity contribution >= 4 is 38.7 Å². The number of nitrogen functional groups attached to an aromatic ring is 1. The van der Waals surface area contributed by atoms with Crippen molar-refractivity contribution in [1.82, 2.24) is 0 Å². The molecule has 0 aliphatic heterocycles. The summed E-state index contributed by atoms with van der Waals surface area (Å²) >= 11 is 0.987. The molecule has 2 aromatic carbocycles. The molecule has 3 rings (SSSR count). The summed E-state index contributed by atoms with van der Waals surface area (Å²) in [7, 11) is -3.91. The Kier molecular flexibility index (Phi) is 4.71. The molecule has 0 amide bonds. The first-order valence-corrected chi connectivity index (χ1v) is 9.89. The second kappa shape index (κ2) is 6.81. The SMILES string of the molecule is Cc1ccccc1S(=O)(=O)Nc1cc(-c2cccc(N)c2)sc1C(=O)O. The Hall–Kier alpha value is -2.84. The van der Waals surface area contributed by atoms with Crippen LogP contribution in [0.1, 0.15) is 15.2 Å². The third kappa shape index (κ3) is 3.56. The third-order valence-electron chi connectivity index (χ3n) is 3.72. The minimum Gasteiger partial charge on any atom is -0.477 e. The number of nitrogens with one attached hydrogen (secondary N) is 1. The topological polar surface area (TPSA) is 109 Å². The minimum atomic E-state index is -3.91. The van der Waals surface area contributed by atoms with Gasteiger partial charge in [-0.15, -0.1) is 11.3 Å². The normalized spacial score (nSPS) is 11.3. The fraction of sp³-hybridized carbons (Fsp3) is 0.0556. The lowest BCUT2D eigenvalue weighted by atomic mass is 10.1. The lowest BCUT2D eigenvalue weighted by Gasteiger charge is -2.09. The van der Waals surface area contributed by atoms with E-state index in [2.05, 4.69) is 4.72 Å². The molecule has 4 N–H and O–H groups in total. The minimum absolute atomic E-state index is 0.0307. The summed E-state index contributed by atoms with van der Waals surface area (Å²) in [5.74, 6) is -1.20. The summed E-state index contributed by atoms with van der Waals surface area (Å²) in [4.78, 5) is 12.2. The number of hydrogen-bond donors (Lipinski definition) is 3. The number of nitrogens with two attached hydrogens (primary N) is 1. The number of aryl methyl sites for hydroxylation is 1. The molecule has 3 aromatic rings. The van der Waals surface area contributed by atoms with Crippen molar-refractivity contribution in [2.75, 3.05) is 10.5 Å². The van der Waals surface area contributed by atoms with Crippen LogP contribution in [0.15, 0.2) is 59.5 Å². The van der Waals surface area contributed by atoms with Gasteiger partial charge in [0, 0.05) is 10.6 Å². The van der Waals surface area contributed by atoms with E-state index < -0.39 is 16.0 Å². The van der Waals surface area contributed by atoms with Gasteiger partial charge in [-0.3, -0.25) is 4.72 Å². The highest BCUT2D eigenvalue weighted by Gasteiger charge is 2.23. The van der Waals surface area contributed by atoms with E-state index in [1.807, 2.05) is 0 Å². The molecule has 0 aliphatic rings. The molecule has 0 aliphatic carbocycles. The predicted molar refractivity (Wildman–Crippen MR) is 103 cm³/mol. The van der Waals surface area contributed by atoms with Gasteiger partial charge in [0.05, 0.1) is 10.6 Å². The summed E-state index contributed by atoms with van der Waals surface area (Å²) in [5.41, 5.74) is 7.63. The van der Waals surface area contributed by atoms with E-state index in [9.17, 15) is 18.3 Å². The van der Waals surface area contributed by atoms with Crippen LogP contribution >= 0.6 is 11.3 Å². The number of hydrogen-bond acceptors (Lipinski definition) is 5. The van der Waals surface area contributed by atoms with Crippen molar-refractivity contribution in [1.29, 1.82) is 0 Å². The molecule has 134 valence electrons. The van der Waals surface area contributed by atoms with E-state index in [0.29, 0.717) is 16.1 Å². The zero-order valence-electron chi connectivity index (χ0n) is 13.8. The Labute approximate surface area is 155 Å². The Bertz CT molecular complexity index is 1090. The largest absolute Gasteiger partial charge is 0.477 e. The standard InChI is InChI=1S/C18H16N2O4S2/c1-11-5-2-3-8-16(11)26(23,24)20-14-10-15(25-17(14)18(21)22)12-6-4-7-13(19)9-12/h2-10,20H,19H2,1H3,(H,21,22). The summed E-state index contributed by atoms with van der Waals surface area (Å²) < 4.78 is 27.8. The maximum absolute atomic E-state index is 12.7. The third-order valence-corrected chi connectivity index (χ3v) is 6.42. The smallest absolute Gasteiger partial charge is 0.348 e. The van der Waals surface area contributed by atoms with Crippen LogP contribution in [0.5, 0.6) is 0 Å². The zero-order chi connectivity index (χ0) is 18.9. The Morgan fingerprint density at radius 2 is 1.85 bits per heavy atom. The van der Waals surface area contributed by atoms with Crippen molar-refractivity contribution in [3.63, 3.8) is 0 Å². The van der Waals surface area contributed by atoms with Gasteiger partial charge in [0.15, 0.2) is 0 Å². The highest BCUT2D eigenvalue weighted by Crippen LogP contribution is 2.36. The van der Waals surface area contributed by atoms with Crippen molar-refractivity contribution in [2.45, 2.75) is 11.8 Å². The van der Waals surface area contributed by atoms with Crippen LogP contribution in [0, 0.1) is 6.92 Å². The van der Waals surface area contributed by atoms with Gasteiger partial charge in [-0.2, -0.15) is 0 Å². The maximum Gasteiger partial charge on any atom is 0.348 e. The molecule has 0 radical (unpaired) electrons. The molecule has 0 atom stereocenters. The molecule has 0 bridgehead atoms. The van der Waals surface area contributed by atoms with Gasteiger partial charge >= 0.3 is 5.97 Å². The van der Waals surface area contributed by atoms with Crippen molar-refractivity contribution in [3.05, 3.63) is 65.0 Å². The van der Waals surface area contributed by atoms with Gasteiger partial charge in [-0.25, -0.2) is 13.2 Å². The van der Waals surface area contributed by atoms with Crippen LogP contribution in [-0.2, 0) is 10.0 Å². The fourth-order valence-corrected chi connectivity index (χ4v) is 4.84. The van der Waals surface area contributed by atoms with E-state index in [1.165, 1.54) is 12.1 Å². The van der Waals surface area contributed by atoms with E-state index in [4.69, 9.17) is 5.73 Å². The van der Waals surface area contributed by atoms with Crippen LogP contribution in [0.4, 0.5) is 11.4 Å². The fourth-order valence-electron chi connectivity index (χ4n) is 2.52. The van der Waals surface area contributed by atoms with Crippen molar-refractivity contribution in [3.8, 4) is 10.4 Å². The first kappa shape index (κ1) is 18.0. The summed E-state index contributed by atoms with van der Waals surface area (Å²) in [6, 6.07) is 15.0. The zero-order valence-corrected chi connectivity index (χ0v) is 15.4. The van der Waals surface area contributed by atoms with Gasteiger partial charge in [-0.1, -0.05) is 30.3 Å². The molecule has 0 spiro atoms. The molecule has 0 unspecified atom stereocenters. The van der Waals surface area contributed by atoms with E-state index in [-0.39, 0.29) is 15.5 Å². The number of benzene rings is 2. The summed E-state index contributed by atoms with van der Waals surface area (Å²) in [5, 5.41) is 9.45.